The summed E-state index contributed by atoms with van der Waals surface area (Å²) in [5.41, 5.74) is 2.41. The molecule has 0 bridgehead atoms. The molecule has 10 heteroatoms. The summed E-state index contributed by atoms with van der Waals surface area (Å²) in [5, 5.41) is 11.7. The number of ether oxygens (including phenoxy) is 1. The summed E-state index contributed by atoms with van der Waals surface area (Å²) in [4.78, 5) is 4.18. The summed E-state index contributed by atoms with van der Waals surface area (Å²) >= 11 is 6.22. The van der Waals surface area contributed by atoms with Crippen LogP contribution in [0.1, 0.15) is 0 Å². The third-order valence-corrected chi connectivity index (χ3v) is 4.78. The number of benzene rings is 1. The molecule has 0 saturated carbocycles. The van der Waals surface area contributed by atoms with Gasteiger partial charge in [0, 0.05) is 17.3 Å². The average molecular weight is 406 g/mol. The van der Waals surface area contributed by atoms with Crippen LogP contribution in [0.3, 0.4) is 0 Å². The Kier molecular flexibility index (Phi) is 3.63. The fourth-order valence-electron chi connectivity index (χ4n) is 3.31. The first-order chi connectivity index (χ1) is 13.4. The Morgan fingerprint density at radius 1 is 1.18 bits per heavy atom. The maximum Gasteiger partial charge on any atom is 0.300 e. The van der Waals surface area contributed by atoms with E-state index in [1.165, 1.54) is 24.3 Å². The highest BCUT2D eigenvalue weighted by Gasteiger charge is 2.39. The van der Waals surface area contributed by atoms with Crippen molar-refractivity contribution in [2.75, 3.05) is 6.61 Å². The number of hydrogen-bond acceptors (Lipinski definition) is 4. The van der Waals surface area contributed by atoms with Crippen LogP contribution < -0.4 is 4.74 Å². The van der Waals surface area contributed by atoms with Crippen molar-refractivity contribution in [1.82, 2.24) is 25.0 Å². The molecule has 1 aromatic carbocycles. The number of hydrogen-bond donors (Lipinski definition) is 1. The molecule has 1 aliphatic heterocycles. The Labute approximate surface area is 160 Å². The van der Waals surface area contributed by atoms with Crippen LogP contribution in [-0.2, 0) is 6.54 Å². The molecule has 0 spiro atoms. The molecule has 0 atom stereocenters. The number of rotatable bonds is 2. The smallest absolute Gasteiger partial charge is 0.300 e. The zero-order valence-electron chi connectivity index (χ0n) is 14.1. The van der Waals surface area contributed by atoms with E-state index in [4.69, 9.17) is 16.3 Å². The van der Waals surface area contributed by atoms with Crippen LogP contribution in [0.2, 0.25) is 5.15 Å². The van der Waals surface area contributed by atoms with Crippen molar-refractivity contribution in [3.05, 3.63) is 47.5 Å². The SMILES string of the molecule is Fc1ccc(-c2nn3c(c2-c2ccnc4[nH]nc(Cl)c24)OCC(F)(F)C3)cc1. The van der Waals surface area contributed by atoms with Gasteiger partial charge in [-0.25, -0.2) is 22.8 Å². The first kappa shape index (κ1) is 17.1. The number of nitrogens with zero attached hydrogens (tertiary/aromatic N) is 4. The lowest BCUT2D eigenvalue weighted by Gasteiger charge is -2.24. The van der Waals surface area contributed by atoms with Crippen molar-refractivity contribution in [2.24, 2.45) is 0 Å². The lowest BCUT2D eigenvalue weighted by atomic mass is 9.99. The number of aromatic amines is 1. The molecule has 0 fully saturated rings. The van der Waals surface area contributed by atoms with Gasteiger partial charge in [0.1, 0.15) is 18.1 Å². The molecular weight excluding hydrogens is 395 g/mol. The van der Waals surface area contributed by atoms with Crippen LogP contribution >= 0.6 is 11.6 Å². The molecule has 0 amide bonds. The van der Waals surface area contributed by atoms with Gasteiger partial charge in [-0.2, -0.15) is 10.2 Å². The fraction of sp³-hybridized carbons (Fsp3) is 0.167. The summed E-state index contributed by atoms with van der Waals surface area (Å²) in [6.07, 6.45) is 1.54. The summed E-state index contributed by atoms with van der Waals surface area (Å²) in [7, 11) is 0. The van der Waals surface area contributed by atoms with Gasteiger partial charge in [-0.15, -0.1) is 0 Å². The van der Waals surface area contributed by atoms with Crippen molar-refractivity contribution >= 4 is 22.6 Å². The molecule has 4 heterocycles. The van der Waals surface area contributed by atoms with Crippen LogP contribution in [-0.4, -0.2) is 37.5 Å². The third-order valence-electron chi connectivity index (χ3n) is 4.51. The van der Waals surface area contributed by atoms with Gasteiger partial charge in [0.05, 0.1) is 10.9 Å². The van der Waals surface area contributed by atoms with Crippen molar-refractivity contribution in [2.45, 2.75) is 12.5 Å². The van der Waals surface area contributed by atoms with E-state index >= 15 is 0 Å². The number of nitrogens with one attached hydrogen (secondary N) is 1. The predicted molar refractivity (Wildman–Crippen MR) is 96.0 cm³/mol. The standard InChI is InChI=1S/C18H11ClF3N5O/c19-15-13-11(5-6-23-16(13)25-24-15)12-14(9-1-3-10(20)4-2-9)26-27-7-18(21,22)8-28-17(12)27/h1-6H,7-8H2,(H,23,24,25). The van der Waals surface area contributed by atoms with E-state index in [0.29, 0.717) is 33.4 Å². The molecule has 3 aromatic heterocycles. The second-order valence-corrected chi connectivity index (χ2v) is 6.79. The van der Waals surface area contributed by atoms with Crippen LogP contribution in [0.15, 0.2) is 36.5 Å². The molecule has 1 N–H and O–H groups in total. The van der Waals surface area contributed by atoms with E-state index < -0.39 is 24.9 Å². The van der Waals surface area contributed by atoms with Crippen molar-refractivity contribution < 1.29 is 17.9 Å². The molecule has 28 heavy (non-hydrogen) atoms. The minimum Gasteiger partial charge on any atom is -0.471 e. The van der Waals surface area contributed by atoms with Crippen LogP contribution in [0.5, 0.6) is 5.88 Å². The monoisotopic (exact) mass is 405 g/mol. The first-order valence-electron chi connectivity index (χ1n) is 8.29. The Balaban J connectivity index is 1.82. The van der Waals surface area contributed by atoms with Gasteiger partial charge < -0.3 is 4.74 Å². The molecule has 1 aliphatic rings. The zero-order chi connectivity index (χ0) is 19.5. The third kappa shape index (κ3) is 2.62. The first-order valence-corrected chi connectivity index (χ1v) is 8.67. The lowest BCUT2D eigenvalue weighted by molar-refractivity contribution is -0.0792. The lowest BCUT2D eigenvalue weighted by Crippen LogP contribution is -2.36. The van der Waals surface area contributed by atoms with Crippen molar-refractivity contribution in [3.63, 3.8) is 0 Å². The summed E-state index contributed by atoms with van der Waals surface area (Å²) < 4.78 is 47.6. The Bertz CT molecular complexity index is 1200. The molecule has 0 unspecified atom stereocenters. The van der Waals surface area contributed by atoms with Crippen LogP contribution in [0.4, 0.5) is 13.2 Å². The Morgan fingerprint density at radius 3 is 2.75 bits per heavy atom. The van der Waals surface area contributed by atoms with E-state index in [9.17, 15) is 13.2 Å². The topological polar surface area (TPSA) is 68.6 Å². The summed E-state index contributed by atoms with van der Waals surface area (Å²) in [6, 6.07) is 7.30. The Hall–Kier alpha value is -3.07. The number of halogens is 4. The number of fused-ring (bicyclic) bond motifs is 2. The molecule has 6 nitrogen and oxygen atoms in total. The maximum atomic E-state index is 13.9. The Morgan fingerprint density at radius 2 is 1.96 bits per heavy atom. The van der Waals surface area contributed by atoms with Gasteiger partial charge in [-0.1, -0.05) is 11.6 Å². The molecule has 0 radical (unpaired) electrons. The normalized spacial score (nSPS) is 15.4. The molecule has 5 rings (SSSR count). The second kappa shape index (κ2) is 5.96. The zero-order valence-corrected chi connectivity index (χ0v) is 14.8. The minimum absolute atomic E-state index is 0.184. The molecule has 4 aromatic rings. The number of pyridine rings is 1. The highest BCUT2D eigenvalue weighted by atomic mass is 35.5. The molecule has 142 valence electrons. The highest BCUT2D eigenvalue weighted by molar-refractivity contribution is 6.35. The quantitative estimate of drug-likeness (QED) is 0.539. The maximum absolute atomic E-state index is 13.9. The van der Waals surface area contributed by atoms with E-state index in [1.807, 2.05) is 0 Å². The number of H-pyrrole nitrogens is 1. The van der Waals surface area contributed by atoms with Gasteiger partial charge in [0.2, 0.25) is 5.88 Å². The van der Waals surface area contributed by atoms with Crippen LogP contribution in [0.25, 0.3) is 33.4 Å². The number of alkyl halides is 2. The van der Waals surface area contributed by atoms with E-state index in [1.54, 1.807) is 12.3 Å². The summed E-state index contributed by atoms with van der Waals surface area (Å²) in [5.74, 6) is -3.27. The van der Waals surface area contributed by atoms with E-state index in [2.05, 4.69) is 20.3 Å². The van der Waals surface area contributed by atoms with Gasteiger partial charge in [-0.05, 0) is 30.3 Å². The number of aromatic nitrogens is 5. The van der Waals surface area contributed by atoms with Crippen LogP contribution in [0, 0.1) is 5.82 Å². The van der Waals surface area contributed by atoms with Gasteiger partial charge in [0.15, 0.2) is 17.4 Å². The molecular formula is C18H11ClF3N5O. The second-order valence-electron chi connectivity index (χ2n) is 6.43. The van der Waals surface area contributed by atoms with Gasteiger partial charge in [0.25, 0.3) is 0 Å². The van der Waals surface area contributed by atoms with Gasteiger partial charge in [-0.3, -0.25) is 5.10 Å². The van der Waals surface area contributed by atoms with Crippen molar-refractivity contribution in [3.8, 4) is 28.3 Å². The largest absolute Gasteiger partial charge is 0.471 e. The molecule has 0 aliphatic carbocycles. The van der Waals surface area contributed by atoms with E-state index in [-0.39, 0.29) is 11.0 Å². The average Bonchev–Trinajstić information content (AvgIpc) is 3.22. The minimum atomic E-state index is -3.04. The summed E-state index contributed by atoms with van der Waals surface area (Å²) in [6.45, 7) is -1.38. The van der Waals surface area contributed by atoms with Gasteiger partial charge >= 0.3 is 5.92 Å². The highest BCUT2D eigenvalue weighted by Crippen LogP contribution is 2.45. The predicted octanol–water partition coefficient (Wildman–Crippen LogP) is 4.31. The molecule has 0 saturated heterocycles. The van der Waals surface area contributed by atoms with Crippen molar-refractivity contribution in [1.29, 1.82) is 0 Å². The van der Waals surface area contributed by atoms with E-state index in [0.717, 1.165) is 4.68 Å². The fourth-order valence-corrected chi connectivity index (χ4v) is 3.55.